The number of aromatic nitrogens is 2. The highest BCUT2D eigenvalue weighted by atomic mass is 16.5. The van der Waals surface area contributed by atoms with E-state index in [1.54, 1.807) is 0 Å². The Morgan fingerprint density at radius 3 is 2.63 bits per heavy atom. The van der Waals surface area contributed by atoms with E-state index in [4.69, 9.17) is 9.47 Å². The predicted molar refractivity (Wildman–Crippen MR) is 102 cm³/mol. The maximum absolute atomic E-state index is 11.4. The Kier molecular flexibility index (Phi) is 4.92. The van der Waals surface area contributed by atoms with Crippen molar-refractivity contribution in [1.82, 2.24) is 9.78 Å². The fourth-order valence-corrected chi connectivity index (χ4v) is 3.19. The molecule has 0 spiro atoms. The third kappa shape index (κ3) is 4.19. The Morgan fingerprint density at radius 1 is 1.11 bits per heavy atom. The summed E-state index contributed by atoms with van der Waals surface area (Å²) in [6.45, 7) is 1.30. The minimum atomic E-state index is -0.133. The minimum absolute atomic E-state index is 0.00438. The largest absolute Gasteiger partial charge is 0.493 e. The van der Waals surface area contributed by atoms with Gasteiger partial charge in [0.05, 0.1) is 32.4 Å². The summed E-state index contributed by atoms with van der Waals surface area (Å²) in [6.07, 6.45) is 4.78. The van der Waals surface area contributed by atoms with E-state index in [-0.39, 0.29) is 17.8 Å². The highest BCUT2D eigenvalue weighted by molar-refractivity contribution is 5.75. The third-order valence-corrected chi connectivity index (χ3v) is 4.90. The minimum Gasteiger partial charge on any atom is -0.493 e. The van der Waals surface area contributed by atoms with Crippen molar-refractivity contribution in [2.75, 3.05) is 13.7 Å². The Labute approximate surface area is 158 Å². The van der Waals surface area contributed by atoms with Crippen molar-refractivity contribution in [2.45, 2.75) is 13.0 Å². The molecule has 1 aliphatic carbocycles. The molecule has 1 heterocycles. The lowest BCUT2D eigenvalue weighted by Gasteiger charge is -2.06. The first-order valence-electron chi connectivity index (χ1n) is 9.10. The number of hydrogen-bond donors (Lipinski definition) is 0. The topological polar surface area (TPSA) is 53.4 Å². The molecule has 0 amide bonds. The van der Waals surface area contributed by atoms with Crippen LogP contribution in [0.3, 0.4) is 0 Å². The molecule has 0 saturated heterocycles. The normalized spacial score (nSPS) is 18.1. The van der Waals surface area contributed by atoms with E-state index in [2.05, 4.69) is 17.2 Å². The van der Waals surface area contributed by atoms with Crippen molar-refractivity contribution < 1.29 is 14.3 Å². The summed E-state index contributed by atoms with van der Waals surface area (Å²) in [5.41, 5.74) is 3.40. The molecule has 138 valence electrons. The van der Waals surface area contributed by atoms with Crippen LogP contribution in [0.4, 0.5) is 0 Å². The average Bonchev–Trinajstić information content (AvgIpc) is 3.35. The highest BCUT2D eigenvalue weighted by Gasteiger charge is 2.44. The van der Waals surface area contributed by atoms with Gasteiger partial charge in [0, 0.05) is 17.7 Å². The smallest absolute Gasteiger partial charge is 0.309 e. The fraction of sp³-hybridized carbons (Fsp3) is 0.273. The quantitative estimate of drug-likeness (QED) is 0.600. The lowest BCUT2D eigenvalue weighted by Crippen LogP contribution is -2.08. The number of methoxy groups -OCH3 is 1. The Bertz CT molecular complexity index is 903. The van der Waals surface area contributed by atoms with Gasteiger partial charge in [0.25, 0.3) is 0 Å². The van der Waals surface area contributed by atoms with Crippen molar-refractivity contribution in [3.8, 4) is 16.9 Å². The molecule has 1 saturated carbocycles. The van der Waals surface area contributed by atoms with Crippen LogP contribution in [0, 0.1) is 11.8 Å². The van der Waals surface area contributed by atoms with Crippen molar-refractivity contribution >= 4 is 5.97 Å². The second-order valence-corrected chi connectivity index (χ2v) is 6.87. The summed E-state index contributed by atoms with van der Waals surface area (Å²) in [7, 11) is 1.43. The summed E-state index contributed by atoms with van der Waals surface area (Å²) >= 11 is 0. The van der Waals surface area contributed by atoms with Crippen molar-refractivity contribution in [2.24, 2.45) is 11.8 Å². The van der Waals surface area contributed by atoms with Crippen LogP contribution in [0.25, 0.3) is 11.1 Å². The van der Waals surface area contributed by atoms with E-state index < -0.39 is 0 Å². The third-order valence-electron chi connectivity index (χ3n) is 4.90. The molecule has 2 atom stereocenters. The van der Waals surface area contributed by atoms with Gasteiger partial charge >= 0.3 is 5.97 Å². The predicted octanol–water partition coefficient (Wildman–Crippen LogP) is 3.79. The molecule has 3 aromatic rings. The molecular weight excluding hydrogens is 340 g/mol. The lowest BCUT2D eigenvalue weighted by atomic mass is 10.1. The Morgan fingerprint density at radius 2 is 1.89 bits per heavy atom. The molecule has 5 heteroatoms. The van der Waals surface area contributed by atoms with Crippen molar-refractivity contribution in [3.05, 3.63) is 72.6 Å². The molecule has 2 aromatic carbocycles. The monoisotopic (exact) mass is 362 g/mol. The van der Waals surface area contributed by atoms with Gasteiger partial charge in [-0.1, -0.05) is 42.5 Å². The van der Waals surface area contributed by atoms with Gasteiger partial charge in [0.2, 0.25) is 0 Å². The van der Waals surface area contributed by atoms with E-state index in [1.807, 2.05) is 59.5 Å². The first kappa shape index (κ1) is 17.3. The van der Waals surface area contributed by atoms with Gasteiger partial charge in [-0.25, -0.2) is 0 Å². The zero-order valence-electron chi connectivity index (χ0n) is 15.2. The average molecular weight is 362 g/mol. The van der Waals surface area contributed by atoms with Gasteiger partial charge in [-0.2, -0.15) is 5.10 Å². The maximum atomic E-state index is 11.4. The molecule has 0 unspecified atom stereocenters. The number of benzene rings is 2. The molecule has 5 nitrogen and oxygen atoms in total. The van der Waals surface area contributed by atoms with E-state index in [0.29, 0.717) is 6.61 Å². The number of esters is 1. The van der Waals surface area contributed by atoms with E-state index in [0.717, 1.165) is 29.8 Å². The van der Waals surface area contributed by atoms with Crippen LogP contribution < -0.4 is 4.74 Å². The van der Waals surface area contributed by atoms with E-state index >= 15 is 0 Å². The number of hydrogen-bond acceptors (Lipinski definition) is 4. The van der Waals surface area contributed by atoms with E-state index in [1.165, 1.54) is 12.7 Å². The summed E-state index contributed by atoms with van der Waals surface area (Å²) in [6, 6.07) is 18.3. The Hall–Kier alpha value is -3.08. The number of carbonyl (C=O) groups is 1. The number of nitrogens with zero attached hydrogens (tertiary/aromatic N) is 2. The molecule has 1 fully saturated rings. The zero-order valence-corrected chi connectivity index (χ0v) is 15.2. The van der Waals surface area contributed by atoms with Crippen LogP contribution >= 0.6 is 0 Å². The van der Waals surface area contributed by atoms with Crippen molar-refractivity contribution in [3.63, 3.8) is 0 Å². The van der Waals surface area contributed by atoms with Gasteiger partial charge in [-0.15, -0.1) is 0 Å². The molecule has 4 rings (SSSR count). The number of carbonyl (C=O) groups excluding carboxylic acids is 1. The van der Waals surface area contributed by atoms with Crippen LogP contribution in [0.2, 0.25) is 0 Å². The molecule has 27 heavy (non-hydrogen) atoms. The van der Waals surface area contributed by atoms with Gasteiger partial charge < -0.3 is 9.47 Å². The van der Waals surface area contributed by atoms with Gasteiger partial charge in [-0.05, 0) is 29.7 Å². The SMILES string of the molecule is COC(=O)[C@@H]1C[C@H]1COc1ccc(-c2cnn(Cc3ccccc3)c2)cc1. The number of rotatable bonds is 7. The van der Waals surface area contributed by atoms with Crippen molar-refractivity contribution in [1.29, 1.82) is 0 Å². The zero-order chi connectivity index (χ0) is 18.6. The molecule has 0 N–H and O–H groups in total. The summed E-state index contributed by atoms with van der Waals surface area (Å²) in [4.78, 5) is 11.4. The number of ether oxygens (including phenoxy) is 2. The van der Waals surface area contributed by atoms with Gasteiger partial charge in [-0.3, -0.25) is 9.48 Å². The summed E-state index contributed by atoms with van der Waals surface area (Å²) < 4.78 is 12.5. The molecule has 1 aliphatic rings. The van der Waals surface area contributed by atoms with Crippen LogP contribution in [-0.2, 0) is 16.1 Å². The van der Waals surface area contributed by atoms with Crippen LogP contribution in [0.15, 0.2) is 67.0 Å². The maximum Gasteiger partial charge on any atom is 0.309 e. The molecule has 1 aromatic heterocycles. The molecule has 0 bridgehead atoms. The summed E-state index contributed by atoms with van der Waals surface area (Å²) in [5.74, 6) is 0.954. The second-order valence-electron chi connectivity index (χ2n) is 6.87. The van der Waals surface area contributed by atoms with Gasteiger partial charge in [0.1, 0.15) is 5.75 Å². The lowest BCUT2D eigenvalue weighted by molar-refractivity contribution is -0.142. The highest BCUT2D eigenvalue weighted by Crippen LogP contribution is 2.39. The molecule has 0 aliphatic heterocycles. The molecule has 0 radical (unpaired) electrons. The Balaban J connectivity index is 1.33. The first-order valence-corrected chi connectivity index (χ1v) is 9.10. The van der Waals surface area contributed by atoms with Crippen LogP contribution in [0.1, 0.15) is 12.0 Å². The molecular formula is C22H22N2O3. The standard InChI is InChI=1S/C22H22N2O3/c1-26-22(25)21-11-18(21)15-27-20-9-7-17(8-10-20)19-12-23-24(14-19)13-16-5-3-2-4-6-16/h2-10,12,14,18,21H,11,13,15H2,1H3/t18-,21+/m0/s1. The first-order chi connectivity index (χ1) is 13.2. The van der Waals surface area contributed by atoms with Crippen LogP contribution in [0.5, 0.6) is 5.75 Å². The van der Waals surface area contributed by atoms with Gasteiger partial charge in [0.15, 0.2) is 0 Å². The van der Waals surface area contributed by atoms with Crippen LogP contribution in [-0.4, -0.2) is 29.5 Å². The van der Waals surface area contributed by atoms with E-state index in [9.17, 15) is 4.79 Å². The second kappa shape index (κ2) is 7.66. The summed E-state index contributed by atoms with van der Waals surface area (Å²) in [5, 5.41) is 4.45. The fourth-order valence-electron chi connectivity index (χ4n) is 3.19.